The lowest BCUT2D eigenvalue weighted by Crippen LogP contribution is -2.28. The van der Waals surface area contributed by atoms with E-state index in [9.17, 15) is 21.6 Å². The zero-order valence-electron chi connectivity index (χ0n) is 16.6. The number of sulfonamides is 1. The van der Waals surface area contributed by atoms with Crippen molar-refractivity contribution in [2.75, 3.05) is 13.7 Å². The van der Waals surface area contributed by atoms with Gasteiger partial charge in [0.25, 0.3) is 0 Å². The monoisotopic (exact) mass is 431 g/mol. The van der Waals surface area contributed by atoms with Gasteiger partial charge in [0.05, 0.1) is 18.6 Å². The zero-order chi connectivity index (χ0) is 21.4. The van der Waals surface area contributed by atoms with Crippen LogP contribution in [0.15, 0.2) is 17.0 Å². The number of ether oxygens (including phenoxy) is 1. The molecule has 1 aromatic carbocycles. The molecule has 2 aromatic rings. The van der Waals surface area contributed by atoms with Crippen molar-refractivity contribution in [1.82, 2.24) is 14.5 Å². The maximum Gasteiger partial charge on any atom is 0.435 e. The summed E-state index contributed by atoms with van der Waals surface area (Å²) in [6, 6.07) is 3.01. The van der Waals surface area contributed by atoms with E-state index >= 15 is 0 Å². The molecule has 0 radical (unpaired) electrons. The maximum atomic E-state index is 13.3. The summed E-state index contributed by atoms with van der Waals surface area (Å²) in [6.07, 6.45) is -2.15. The van der Waals surface area contributed by atoms with Crippen molar-refractivity contribution in [3.8, 4) is 5.75 Å². The number of nitrogens with one attached hydrogen (secondary N) is 1. The third kappa shape index (κ3) is 4.42. The van der Waals surface area contributed by atoms with E-state index < -0.39 is 21.9 Å². The van der Waals surface area contributed by atoms with Gasteiger partial charge in [-0.15, -0.1) is 0 Å². The van der Waals surface area contributed by atoms with E-state index in [1.54, 1.807) is 13.8 Å². The molecule has 1 N–H and O–H groups in total. The van der Waals surface area contributed by atoms with Crippen LogP contribution in [-0.2, 0) is 35.6 Å². The normalized spacial score (nSPS) is 14.7. The van der Waals surface area contributed by atoms with Crippen molar-refractivity contribution in [3.63, 3.8) is 0 Å². The number of benzene rings is 1. The molecule has 1 aliphatic rings. The second-order valence-electron chi connectivity index (χ2n) is 7.19. The number of aromatic nitrogens is 2. The fourth-order valence-corrected chi connectivity index (χ4v) is 5.03. The molecular formula is C19H24F3N3O3S. The van der Waals surface area contributed by atoms with Crippen molar-refractivity contribution in [3.05, 3.63) is 40.2 Å². The van der Waals surface area contributed by atoms with Crippen molar-refractivity contribution in [2.45, 2.75) is 57.1 Å². The van der Waals surface area contributed by atoms with Gasteiger partial charge in [-0.1, -0.05) is 0 Å². The molecule has 1 heterocycles. The van der Waals surface area contributed by atoms with E-state index in [1.165, 1.54) is 23.9 Å². The molecule has 0 atom stereocenters. The van der Waals surface area contributed by atoms with Crippen LogP contribution in [0.5, 0.6) is 5.75 Å². The molecular weight excluding hydrogens is 407 g/mol. The molecule has 29 heavy (non-hydrogen) atoms. The Kier molecular flexibility index (Phi) is 5.96. The SMILES string of the molecule is COc1c(C)cc(S(=O)(=O)NCCn2nc(C(F)(F)F)c3c2CCCC3)cc1C. The van der Waals surface area contributed by atoms with Gasteiger partial charge in [0, 0.05) is 17.8 Å². The summed E-state index contributed by atoms with van der Waals surface area (Å²) in [5.41, 5.74) is 1.32. The first-order chi connectivity index (χ1) is 13.5. The minimum Gasteiger partial charge on any atom is -0.496 e. The Bertz CT molecular complexity index is 991. The molecule has 0 spiro atoms. The van der Waals surface area contributed by atoms with E-state index in [1.807, 2.05) is 0 Å². The summed E-state index contributed by atoms with van der Waals surface area (Å²) in [5, 5.41) is 3.75. The molecule has 0 saturated heterocycles. The largest absolute Gasteiger partial charge is 0.496 e. The lowest BCUT2D eigenvalue weighted by atomic mass is 9.95. The van der Waals surface area contributed by atoms with Gasteiger partial charge < -0.3 is 4.74 Å². The van der Waals surface area contributed by atoms with Crippen LogP contribution < -0.4 is 9.46 Å². The number of rotatable bonds is 6. The topological polar surface area (TPSA) is 73.2 Å². The molecule has 0 fully saturated rings. The molecule has 160 valence electrons. The lowest BCUT2D eigenvalue weighted by molar-refractivity contribution is -0.142. The summed E-state index contributed by atoms with van der Waals surface area (Å²) in [5.74, 6) is 0.617. The number of hydrogen-bond acceptors (Lipinski definition) is 4. The molecule has 0 unspecified atom stereocenters. The molecule has 3 rings (SSSR count). The van der Waals surface area contributed by atoms with E-state index in [2.05, 4.69) is 9.82 Å². The predicted octanol–water partition coefficient (Wildman–Crippen LogP) is 3.38. The predicted molar refractivity (Wildman–Crippen MR) is 102 cm³/mol. The lowest BCUT2D eigenvalue weighted by Gasteiger charge is -2.15. The summed E-state index contributed by atoms with van der Waals surface area (Å²) < 4.78 is 74.0. The highest BCUT2D eigenvalue weighted by Gasteiger charge is 2.39. The Balaban J connectivity index is 1.77. The van der Waals surface area contributed by atoms with E-state index in [-0.39, 0.29) is 23.5 Å². The molecule has 1 aliphatic carbocycles. The zero-order valence-corrected chi connectivity index (χ0v) is 17.4. The molecule has 0 saturated carbocycles. The van der Waals surface area contributed by atoms with Gasteiger partial charge >= 0.3 is 6.18 Å². The summed E-state index contributed by atoms with van der Waals surface area (Å²) >= 11 is 0. The van der Waals surface area contributed by atoms with Crippen LogP contribution in [0.1, 0.15) is 40.9 Å². The Labute approximate surface area is 168 Å². The molecule has 0 amide bonds. The Morgan fingerprint density at radius 1 is 1.17 bits per heavy atom. The van der Waals surface area contributed by atoms with E-state index in [4.69, 9.17) is 4.74 Å². The van der Waals surface area contributed by atoms with Gasteiger partial charge in [0.1, 0.15) is 5.75 Å². The third-order valence-electron chi connectivity index (χ3n) is 5.09. The standard InChI is InChI=1S/C19H24F3N3O3S/c1-12-10-14(11-13(2)17(12)28-3)29(26,27)23-8-9-25-16-7-5-4-6-15(16)18(24-25)19(20,21)22/h10-11,23H,4-9H2,1-3H3. The molecule has 6 nitrogen and oxygen atoms in total. The fourth-order valence-electron chi connectivity index (χ4n) is 3.84. The van der Waals surface area contributed by atoms with Crippen LogP contribution in [-0.4, -0.2) is 31.9 Å². The molecule has 0 aliphatic heterocycles. The molecule has 10 heteroatoms. The number of hydrogen-bond donors (Lipinski definition) is 1. The van der Waals surface area contributed by atoms with Crippen LogP contribution >= 0.6 is 0 Å². The first-order valence-corrected chi connectivity index (χ1v) is 10.8. The first-order valence-electron chi connectivity index (χ1n) is 9.35. The maximum absolute atomic E-state index is 13.3. The van der Waals surface area contributed by atoms with Gasteiger partial charge in [-0.05, 0) is 62.8 Å². The Morgan fingerprint density at radius 3 is 2.38 bits per heavy atom. The first kappa shape index (κ1) is 21.6. The van der Waals surface area contributed by atoms with Gasteiger partial charge in [-0.25, -0.2) is 13.1 Å². The highest BCUT2D eigenvalue weighted by Crippen LogP contribution is 2.35. The fraction of sp³-hybridized carbons (Fsp3) is 0.526. The van der Waals surface area contributed by atoms with Crippen molar-refractivity contribution in [2.24, 2.45) is 0 Å². The van der Waals surface area contributed by atoms with Crippen molar-refractivity contribution >= 4 is 10.0 Å². The number of aryl methyl sites for hydroxylation is 2. The summed E-state index contributed by atoms with van der Waals surface area (Å²) in [6.45, 7) is 3.47. The quantitative estimate of drug-likeness (QED) is 0.761. The van der Waals surface area contributed by atoms with Crippen LogP contribution in [0.25, 0.3) is 0 Å². The second kappa shape index (κ2) is 7.98. The number of methoxy groups -OCH3 is 1. The molecule has 1 aromatic heterocycles. The highest BCUT2D eigenvalue weighted by molar-refractivity contribution is 7.89. The van der Waals surface area contributed by atoms with E-state index in [0.717, 1.165) is 6.42 Å². The highest BCUT2D eigenvalue weighted by atomic mass is 32.2. The van der Waals surface area contributed by atoms with Crippen LogP contribution in [0.2, 0.25) is 0 Å². The number of alkyl halides is 3. The average Bonchev–Trinajstić information content (AvgIpc) is 3.01. The van der Waals surface area contributed by atoms with Gasteiger partial charge in [-0.3, -0.25) is 4.68 Å². The minimum absolute atomic E-state index is 0.0335. The van der Waals surface area contributed by atoms with Gasteiger partial charge in [0.2, 0.25) is 10.0 Å². The Morgan fingerprint density at radius 2 is 1.79 bits per heavy atom. The Hall–Kier alpha value is -2.07. The van der Waals surface area contributed by atoms with Crippen molar-refractivity contribution in [1.29, 1.82) is 0 Å². The van der Waals surface area contributed by atoms with Crippen LogP contribution in [0.4, 0.5) is 13.2 Å². The van der Waals surface area contributed by atoms with Crippen molar-refractivity contribution < 1.29 is 26.3 Å². The van der Waals surface area contributed by atoms with Crippen LogP contribution in [0.3, 0.4) is 0 Å². The number of fused-ring (bicyclic) bond motifs is 1. The van der Waals surface area contributed by atoms with Gasteiger partial charge in [-0.2, -0.15) is 18.3 Å². The summed E-state index contributed by atoms with van der Waals surface area (Å²) in [4.78, 5) is 0.0896. The minimum atomic E-state index is -4.51. The smallest absolute Gasteiger partial charge is 0.435 e. The average molecular weight is 431 g/mol. The number of halogens is 3. The van der Waals surface area contributed by atoms with E-state index in [0.29, 0.717) is 41.8 Å². The summed E-state index contributed by atoms with van der Waals surface area (Å²) in [7, 11) is -2.30. The van der Waals surface area contributed by atoms with Gasteiger partial charge in [0.15, 0.2) is 5.69 Å². The molecule has 0 bridgehead atoms. The van der Waals surface area contributed by atoms with Crippen LogP contribution in [0, 0.1) is 13.8 Å². The number of nitrogens with zero attached hydrogens (tertiary/aromatic N) is 2. The third-order valence-corrected chi connectivity index (χ3v) is 6.53. The second-order valence-corrected chi connectivity index (χ2v) is 8.96.